The highest BCUT2D eigenvalue weighted by atomic mass is 16.5. The zero-order chi connectivity index (χ0) is 21.5. The van der Waals surface area contributed by atoms with E-state index in [-0.39, 0.29) is 23.0 Å². The van der Waals surface area contributed by atoms with E-state index in [2.05, 4.69) is 32.9 Å². The van der Waals surface area contributed by atoms with Crippen molar-refractivity contribution >= 4 is 17.4 Å². The molecule has 0 radical (unpaired) electrons. The molecule has 2 aliphatic rings. The molecule has 0 saturated heterocycles. The van der Waals surface area contributed by atoms with E-state index in [4.69, 9.17) is 4.74 Å². The first-order valence-corrected chi connectivity index (χ1v) is 10.6. The zero-order valence-corrected chi connectivity index (χ0v) is 18.2. The van der Waals surface area contributed by atoms with E-state index in [1.165, 1.54) is 5.56 Å². The largest absolute Gasteiger partial charge is 0.497 e. The molecule has 30 heavy (non-hydrogen) atoms. The van der Waals surface area contributed by atoms with E-state index in [1.54, 1.807) is 12.0 Å². The number of Topliss-reactive ketones (excluding diaryl/α,β-unsaturated/α-hetero) is 1. The van der Waals surface area contributed by atoms with E-state index >= 15 is 0 Å². The highest BCUT2D eigenvalue weighted by Gasteiger charge is 2.44. The summed E-state index contributed by atoms with van der Waals surface area (Å²) in [6.07, 6.45) is 2.47. The molecule has 4 nitrogen and oxygen atoms in total. The number of amides is 1. The second-order valence-electron chi connectivity index (χ2n) is 9.08. The fourth-order valence-electron chi connectivity index (χ4n) is 4.72. The lowest BCUT2D eigenvalue weighted by molar-refractivity contribution is -0.121. The van der Waals surface area contributed by atoms with Crippen molar-refractivity contribution in [2.45, 2.75) is 52.4 Å². The van der Waals surface area contributed by atoms with Crippen molar-refractivity contribution in [3.63, 3.8) is 0 Å². The minimum atomic E-state index is -0.201. The number of methoxy groups -OCH3 is 1. The van der Waals surface area contributed by atoms with Crippen LogP contribution in [0.2, 0.25) is 0 Å². The van der Waals surface area contributed by atoms with Crippen LogP contribution in [-0.2, 0) is 16.0 Å². The van der Waals surface area contributed by atoms with E-state index in [0.717, 1.165) is 34.7 Å². The third-order valence-electron chi connectivity index (χ3n) is 6.26. The molecular formula is C26H29NO3. The molecule has 1 aliphatic heterocycles. The summed E-state index contributed by atoms with van der Waals surface area (Å²) < 4.78 is 5.27. The van der Waals surface area contributed by atoms with Gasteiger partial charge < -0.3 is 4.74 Å². The first kappa shape index (κ1) is 20.4. The average Bonchev–Trinajstić information content (AvgIpc) is 2.72. The van der Waals surface area contributed by atoms with Gasteiger partial charge in [-0.2, -0.15) is 0 Å². The van der Waals surface area contributed by atoms with Gasteiger partial charge in [0.1, 0.15) is 5.75 Å². The highest BCUT2D eigenvalue weighted by molar-refractivity contribution is 6.07. The van der Waals surface area contributed by atoms with Crippen LogP contribution in [0, 0.1) is 5.41 Å². The second kappa shape index (κ2) is 7.75. The third kappa shape index (κ3) is 3.67. The molecule has 0 spiro atoms. The summed E-state index contributed by atoms with van der Waals surface area (Å²) in [4.78, 5) is 28.5. The standard InChI is InChI=1S/C26H29NO3/c1-5-17-6-10-19(11-7-17)27-22-15-26(2,3)16-23(28)25(22)21(14-24(27)29)18-8-12-20(30-4)13-9-18/h6-13,21H,5,14-16H2,1-4H3. The van der Waals surface area contributed by atoms with Gasteiger partial charge in [0.25, 0.3) is 0 Å². The van der Waals surface area contributed by atoms with Crippen molar-refractivity contribution in [3.05, 3.63) is 70.9 Å². The number of nitrogens with zero attached hydrogens (tertiary/aromatic N) is 1. The van der Waals surface area contributed by atoms with Gasteiger partial charge in [-0.25, -0.2) is 0 Å². The van der Waals surface area contributed by atoms with Crippen LogP contribution in [0.4, 0.5) is 5.69 Å². The molecule has 0 fully saturated rings. The minimum absolute atomic E-state index is 0.0457. The van der Waals surface area contributed by atoms with E-state index in [0.29, 0.717) is 19.3 Å². The summed E-state index contributed by atoms with van der Waals surface area (Å²) in [5.41, 5.74) is 4.58. The summed E-state index contributed by atoms with van der Waals surface area (Å²) in [6.45, 7) is 6.33. The SMILES string of the molecule is CCc1ccc(N2C(=O)CC(c3ccc(OC)cc3)C3=C2CC(C)(C)CC3=O)cc1. The van der Waals surface area contributed by atoms with Crippen molar-refractivity contribution in [1.82, 2.24) is 0 Å². The van der Waals surface area contributed by atoms with Gasteiger partial charge in [-0.1, -0.05) is 45.0 Å². The molecule has 2 aromatic rings. The summed E-state index contributed by atoms with van der Waals surface area (Å²) in [6, 6.07) is 15.9. The Balaban J connectivity index is 1.84. The summed E-state index contributed by atoms with van der Waals surface area (Å²) in [5.74, 6) is 0.770. The molecule has 1 atom stereocenters. The minimum Gasteiger partial charge on any atom is -0.497 e. The Morgan fingerprint density at radius 3 is 2.27 bits per heavy atom. The summed E-state index contributed by atoms with van der Waals surface area (Å²) in [7, 11) is 1.63. The maximum Gasteiger partial charge on any atom is 0.232 e. The van der Waals surface area contributed by atoms with Gasteiger partial charge in [-0.3, -0.25) is 14.5 Å². The normalized spacial score (nSPS) is 20.9. The smallest absolute Gasteiger partial charge is 0.232 e. The monoisotopic (exact) mass is 403 g/mol. The summed E-state index contributed by atoms with van der Waals surface area (Å²) >= 11 is 0. The number of rotatable bonds is 4. The summed E-state index contributed by atoms with van der Waals surface area (Å²) in [5, 5.41) is 0. The molecule has 0 aromatic heterocycles. The van der Waals surface area contributed by atoms with Crippen molar-refractivity contribution in [2.24, 2.45) is 5.41 Å². The van der Waals surface area contributed by atoms with Gasteiger partial charge in [0.15, 0.2) is 5.78 Å². The highest BCUT2D eigenvalue weighted by Crippen LogP contribution is 2.48. The molecule has 4 heteroatoms. The quantitative estimate of drug-likeness (QED) is 0.685. The zero-order valence-electron chi connectivity index (χ0n) is 18.2. The lowest BCUT2D eigenvalue weighted by Crippen LogP contribution is -2.43. The second-order valence-corrected chi connectivity index (χ2v) is 9.08. The first-order chi connectivity index (χ1) is 14.3. The van der Waals surface area contributed by atoms with Crippen LogP contribution in [0.3, 0.4) is 0 Å². The number of carbonyl (C=O) groups is 2. The van der Waals surface area contributed by atoms with Crippen molar-refractivity contribution in [2.75, 3.05) is 12.0 Å². The van der Waals surface area contributed by atoms with Gasteiger partial charge in [0.05, 0.1) is 7.11 Å². The third-order valence-corrected chi connectivity index (χ3v) is 6.26. The van der Waals surface area contributed by atoms with Gasteiger partial charge in [-0.15, -0.1) is 0 Å². The maximum absolute atomic E-state index is 13.4. The molecule has 1 unspecified atom stereocenters. The molecule has 0 bridgehead atoms. The van der Waals surface area contributed by atoms with Crippen LogP contribution >= 0.6 is 0 Å². The van der Waals surface area contributed by atoms with Gasteiger partial charge in [0, 0.05) is 35.7 Å². The molecule has 4 rings (SSSR count). The number of ether oxygens (including phenoxy) is 1. The predicted octanol–water partition coefficient (Wildman–Crippen LogP) is 5.42. The molecular weight excluding hydrogens is 374 g/mol. The van der Waals surface area contributed by atoms with E-state index in [9.17, 15) is 9.59 Å². The van der Waals surface area contributed by atoms with Crippen LogP contribution < -0.4 is 9.64 Å². The Labute approximate surface area is 178 Å². The molecule has 0 saturated carbocycles. The Kier molecular flexibility index (Phi) is 5.27. The molecule has 1 aliphatic carbocycles. The average molecular weight is 404 g/mol. The number of allylic oxidation sites excluding steroid dienone is 2. The number of anilines is 1. The van der Waals surface area contributed by atoms with Crippen LogP contribution in [0.25, 0.3) is 0 Å². The van der Waals surface area contributed by atoms with Crippen LogP contribution in [0.15, 0.2) is 59.8 Å². The van der Waals surface area contributed by atoms with Crippen LogP contribution in [0.5, 0.6) is 5.75 Å². The van der Waals surface area contributed by atoms with Crippen molar-refractivity contribution in [3.8, 4) is 5.75 Å². The van der Waals surface area contributed by atoms with Crippen LogP contribution in [0.1, 0.15) is 57.1 Å². The van der Waals surface area contributed by atoms with E-state index < -0.39 is 0 Å². The Bertz CT molecular complexity index is 1000. The number of benzene rings is 2. The Morgan fingerprint density at radius 2 is 1.67 bits per heavy atom. The lowest BCUT2D eigenvalue weighted by Gasteiger charge is -2.43. The number of hydrogen-bond acceptors (Lipinski definition) is 3. The van der Waals surface area contributed by atoms with Crippen molar-refractivity contribution in [1.29, 1.82) is 0 Å². The van der Waals surface area contributed by atoms with Crippen LogP contribution in [-0.4, -0.2) is 18.8 Å². The fourth-order valence-corrected chi connectivity index (χ4v) is 4.72. The maximum atomic E-state index is 13.4. The number of aryl methyl sites for hydroxylation is 1. The molecule has 2 aromatic carbocycles. The number of carbonyl (C=O) groups excluding carboxylic acids is 2. The number of ketones is 1. The molecule has 0 N–H and O–H groups in total. The predicted molar refractivity (Wildman–Crippen MR) is 119 cm³/mol. The topological polar surface area (TPSA) is 46.6 Å². The fraction of sp³-hybridized carbons (Fsp3) is 0.385. The van der Waals surface area contributed by atoms with Gasteiger partial charge >= 0.3 is 0 Å². The molecule has 156 valence electrons. The first-order valence-electron chi connectivity index (χ1n) is 10.6. The Morgan fingerprint density at radius 1 is 1.00 bits per heavy atom. The van der Waals surface area contributed by atoms with E-state index in [1.807, 2.05) is 36.4 Å². The molecule has 1 amide bonds. The Hall–Kier alpha value is -2.88. The molecule has 1 heterocycles. The van der Waals surface area contributed by atoms with Crippen molar-refractivity contribution < 1.29 is 14.3 Å². The van der Waals surface area contributed by atoms with Gasteiger partial charge in [-0.05, 0) is 53.6 Å². The lowest BCUT2D eigenvalue weighted by atomic mass is 9.69. The van der Waals surface area contributed by atoms with Gasteiger partial charge in [0.2, 0.25) is 5.91 Å². The number of hydrogen-bond donors (Lipinski definition) is 0.